The summed E-state index contributed by atoms with van der Waals surface area (Å²) < 4.78 is 10.2. The third kappa shape index (κ3) is 4.75. The second-order valence-corrected chi connectivity index (χ2v) is 6.49. The average Bonchev–Trinajstić information content (AvgIpc) is 3.11. The van der Waals surface area contributed by atoms with Crippen LogP contribution in [0.4, 0.5) is 5.82 Å². The minimum Gasteiger partial charge on any atom is -0.496 e. The molecule has 1 saturated heterocycles. The Morgan fingerprint density at radius 1 is 1.30 bits per heavy atom. The first-order chi connectivity index (χ1) is 13.1. The fourth-order valence-corrected chi connectivity index (χ4v) is 3.09. The first-order valence-corrected chi connectivity index (χ1v) is 8.91. The van der Waals surface area contributed by atoms with Crippen molar-refractivity contribution in [2.45, 2.75) is 19.8 Å². The predicted molar refractivity (Wildman–Crippen MR) is 101 cm³/mol. The van der Waals surface area contributed by atoms with Crippen LogP contribution >= 0.6 is 0 Å². The Morgan fingerprint density at radius 2 is 2.04 bits per heavy atom. The zero-order valence-electron chi connectivity index (χ0n) is 15.5. The maximum absolute atomic E-state index is 12.4. The van der Waals surface area contributed by atoms with Crippen LogP contribution in [0.1, 0.15) is 24.2 Å². The van der Waals surface area contributed by atoms with Crippen LogP contribution in [-0.4, -0.2) is 42.1 Å². The molecule has 2 aromatic rings. The number of likely N-dealkylation sites (tertiary alicyclic amines) is 1. The summed E-state index contributed by atoms with van der Waals surface area (Å²) in [5, 5.41) is 6.53. The molecular formula is C20H23N3O4. The zero-order valence-corrected chi connectivity index (χ0v) is 15.5. The smallest absolute Gasteiger partial charge is 0.246 e. The summed E-state index contributed by atoms with van der Waals surface area (Å²) in [7, 11) is 1.60. The van der Waals surface area contributed by atoms with Crippen molar-refractivity contribution in [2.24, 2.45) is 5.92 Å². The van der Waals surface area contributed by atoms with Crippen molar-refractivity contribution in [2.75, 3.05) is 25.5 Å². The molecule has 1 aromatic carbocycles. The number of para-hydroxylation sites is 1. The van der Waals surface area contributed by atoms with Crippen LogP contribution in [0.2, 0.25) is 0 Å². The van der Waals surface area contributed by atoms with E-state index in [1.54, 1.807) is 37.2 Å². The van der Waals surface area contributed by atoms with Gasteiger partial charge in [0.25, 0.3) is 0 Å². The lowest BCUT2D eigenvalue weighted by Crippen LogP contribution is -2.40. The fourth-order valence-electron chi connectivity index (χ4n) is 3.09. The largest absolute Gasteiger partial charge is 0.496 e. The first kappa shape index (κ1) is 18.7. The second-order valence-electron chi connectivity index (χ2n) is 6.49. The molecule has 1 fully saturated rings. The van der Waals surface area contributed by atoms with Gasteiger partial charge < -0.3 is 19.5 Å². The average molecular weight is 369 g/mol. The topological polar surface area (TPSA) is 84.7 Å². The lowest BCUT2D eigenvalue weighted by molar-refractivity contribution is -0.130. The molecule has 2 amide bonds. The van der Waals surface area contributed by atoms with E-state index in [2.05, 4.69) is 10.5 Å². The zero-order chi connectivity index (χ0) is 19.2. The number of piperidine rings is 1. The standard InChI is InChI=1S/C20H23N3O4/c1-14-13-18(22-27-14)21-20(25)16-9-11-23(12-10-16)19(24)8-7-15-5-3-4-6-17(15)26-2/h3-8,13,16H,9-12H2,1-2H3,(H,21,22,25)/b8-7+. The van der Waals surface area contributed by atoms with Crippen molar-refractivity contribution in [1.82, 2.24) is 10.1 Å². The molecule has 142 valence electrons. The van der Waals surface area contributed by atoms with Crippen LogP contribution in [0.25, 0.3) is 6.08 Å². The number of aromatic nitrogens is 1. The highest BCUT2D eigenvalue weighted by atomic mass is 16.5. The van der Waals surface area contributed by atoms with E-state index in [1.807, 2.05) is 24.3 Å². The van der Waals surface area contributed by atoms with Gasteiger partial charge in [0.2, 0.25) is 11.8 Å². The Balaban J connectivity index is 1.51. The number of methoxy groups -OCH3 is 1. The van der Waals surface area contributed by atoms with Crippen LogP contribution in [0.3, 0.4) is 0 Å². The molecule has 0 spiro atoms. The van der Waals surface area contributed by atoms with Gasteiger partial charge >= 0.3 is 0 Å². The number of nitrogens with zero attached hydrogens (tertiary/aromatic N) is 2. The van der Waals surface area contributed by atoms with Gasteiger partial charge in [-0.1, -0.05) is 23.4 Å². The summed E-state index contributed by atoms with van der Waals surface area (Å²) >= 11 is 0. The molecule has 3 rings (SSSR count). The van der Waals surface area contributed by atoms with Crippen LogP contribution in [-0.2, 0) is 9.59 Å². The van der Waals surface area contributed by atoms with Gasteiger partial charge in [0.15, 0.2) is 5.82 Å². The third-order valence-corrected chi connectivity index (χ3v) is 4.60. The molecule has 1 N–H and O–H groups in total. The Labute approximate surface area is 158 Å². The maximum atomic E-state index is 12.4. The van der Waals surface area contributed by atoms with E-state index in [1.165, 1.54) is 0 Å². The molecular weight excluding hydrogens is 346 g/mol. The van der Waals surface area contributed by atoms with Crippen LogP contribution in [0.5, 0.6) is 5.75 Å². The predicted octanol–water partition coefficient (Wildman–Crippen LogP) is 2.88. The maximum Gasteiger partial charge on any atom is 0.246 e. The van der Waals surface area contributed by atoms with E-state index < -0.39 is 0 Å². The van der Waals surface area contributed by atoms with Crippen LogP contribution in [0.15, 0.2) is 40.9 Å². The molecule has 1 aromatic heterocycles. The van der Waals surface area contributed by atoms with E-state index in [0.717, 1.165) is 11.3 Å². The minimum absolute atomic E-state index is 0.0631. The Kier molecular flexibility index (Phi) is 5.90. The summed E-state index contributed by atoms with van der Waals surface area (Å²) in [6.07, 6.45) is 4.55. The molecule has 2 heterocycles. The summed E-state index contributed by atoms with van der Waals surface area (Å²) in [6.45, 7) is 2.86. The van der Waals surface area contributed by atoms with Gasteiger partial charge in [-0.3, -0.25) is 9.59 Å². The van der Waals surface area contributed by atoms with Crippen molar-refractivity contribution in [3.05, 3.63) is 47.7 Å². The summed E-state index contributed by atoms with van der Waals surface area (Å²) in [6, 6.07) is 9.20. The van der Waals surface area contributed by atoms with Gasteiger partial charge in [0.1, 0.15) is 11.5 Å². The van der Waals surface area contributed by atoms with E-state index >= 15 is 0 Å². The van der Waals surface area contributed by atoms with Gasteiger partial charge in [-0.2, -0.15) is 0 Å². The number of rotatable bonds is 5. The molecule has 1 aliphatic rings. The number of hydrogen-bond acceptors (Lipinski definition) is 5. The van der Waals surface area contributed by atoms with Crippen molar-refractivity contribution in [3.63, 3.8) is 0 Å². The summed E-state index contributed by atoms with van der Waals surface area (Å²) in [5.74, 6) is 1.51. The van der Waals surface area contributed by atoms with Crippen molar-refractivity contribution >= 4 is 23.7 Å². The molecule has 7 nitrogen and oxygen atoms in total. The normalized spacial score (nSPS) is 15.1. The fraction of sp³-hybridized carbons (Fsp3) is 0.350. The number of aryl methyl sites for hydroxylation is 1. The van der Waals surface area contributed by atoms with Crippen molar-refractivity contribution in [1.29, 1.82) is 0 Å². The number of hydrogen-bond donors (Lipinski definition) is 1. The number of nitrogens with one attached hydrogen (secondary N) is 1. The van der Waals surface area contributed by atoms with Crippen molar-refractivity contribution < 1.29 is 18.8 Å². The summed E-state index contributed by atoms with van der Waals surface area (Å²) in [5.41, 5.74) is 0.852. The SMILES string of the molecule is COc1ccccc1/C=C/C(=O)N1CCC(C(=O)Nc2cc(C)on2)CC1. The second kappa shape index (κ2) is 8.53. The molecule has 0 aliphatic carbocycles. The van der Waals surface area contributed by atoms with Gasteiger partial charge in [-0.25, -0.2) is 0 Å². The molecule has 0 atom stereocenters. The monoisotopic (exact) mass is 369 g/mol. The molecule has 0 radical (unpaired) electrons. The number of ether oxygens (including phenoxy) is 1. The quantitative estimate of drug-likeness (QED) is 0.819. The highest BCUT2D eigenvalue weighted by Crippen LogP contribution is 2.21. The minimum atomic E-state index is -0.135. The van der Waals surface area contributed by atoms with E-state index in [0.29, 0.717) is 37.5 Å². The number of carbonyl (C=O) groups excluding carboxylic acids is 2. The molecule has 1 aliphatic heterocycles. The molecule has 0 unspecified atom stereocenters. The lowest BCUT2D eigenvalue weighted by Gasteiger charge is -2.30. The van der Waals surface area contributed by atoms with Crippen molar-refractivity contribution in [3.8, 4) is 5.75 Å². The molecule has 27 heavy (non-hydrogen) atoms. The molecule has 0 bridgehead atoms. The van der Waals surface area contributed by atoms with Crippen LogP contribution < -0.4 is 10.1 Å². The van der Waals surface area contributed by atoms with Gasteiger partial charge in [-0.15, -0.1) is 0 Å². The number of amides is 2. The first-order valence-electron chi connectivity index (χ1n) is 8.91. The Bertz CT molecular complexity index is 835. The Morgan fingerprint density at radius 3 is 2.70 bits per heavy atom. The third-order valence-electron chi connectivity index (χ3n) is 4.60. The van der Waals surface area contributed by atoms with Gasteiger partial charge in [0, 0.05) is 36.7 Å². The number of anilines is 1. The van der Waals surface area contributed by atoms with Gasteiger partial charge in [-0.05, 0) is 31.9 Å². The van der Waals surface area contributed by atoms with E-state index in [9.17, 15) is 9.59 Å². The highest BCUT2D eigenvalue weighted by molar-refractivity contribution is 5.93. The van der Waals surface area contributed by atoms with Gasteiger partial charge in [0.05, 0.1) is 7.11 Å². The molecule has 7 heteroatoms. The van der Waals surface area contributed by atoms with Crippen LogP contribution in [0, 0.1) is 12.8 Å². The van der Waals surface area contributed by atoms with E-state index in [4.69, 9.17) is 9.26 Å². The number of benzene rings is 1. The summed E-state index contributed by atoms with van der Waals surface area (Å²) in [4.78, 5) is 26.5. The Hall–Kier alpha value is -3.09. The highest BCUT2D eigenvalue weighted by Gasteiger charge is 2.27. The molecule has 0 saturated carbocycles. The van der Waals surface area contributed by atoms with E-state index in [-0.39, 0.29) is 17.7 Å². The number of carbonyl (C=O) groups is 2. The lowest BCUT2D eigenvalue weighted by atomic mass is 9.96.